The number of nitrogens with one attached hydrogen (secondary N) is 1. The second-order valence-electron chi connectivity index (χ2n) is 6.16. The first-order valence-electron chi connectivity index (χ1n) is 8.25. The molecule has 1 aromatic carbocycles. The molecular weight excluding hydrogens is 294 g/mol. The van der Waals surface area contributed by atoms with Gasteiger partial charge in [0.05, 0.1) is 6.61 Å². The maximum absolute atomic E-state index is 10.6. The fraction of sp³-hybridized carbons (Fsp3) is 0.588. The number of rotatable bonds is 8. The van der Waals surface area contributed by atoms with Gasteiger partial charge in [-0.3, -0.25) is 5.43 Å². The molecule has 1 atom stereocenters. The maximum Gasteiger partial charge on any atom is 0.419 e. The molecule has 6 nitrogen and oxygen atoms in total. The fourth-order valence-electron chi connectivity index (χ4n) is 2.93. The number of hydrogen-bond acceptors (Lipinski definition) is 4. The van der Waals surface area contributed by atoms with Gasteiger partial charge in [0.25, 0.3) is 0 Å². The summed E-state index contributed by atoms with van der Waals surface area (Å²) in [6.07, 6.45) is 2.86. The smallest absolute Gasteiger partial charge is 0.419 e. The summed E-state index contributed by atoms with van der Waals surface area (Å²) in [7, 11) is 0. The minimum absolute atomic E-state index is 0.0269. The van der Waals surface area contributed by atoms with Crippen LogP contribution < -0.4 is 11.2 Å². The van der Waals surface area contributed by atoms with Crippen molar-refractivity contribution in [3.8, 4) is 0 Å². The second-order valence-corrected chi connectivity index (χ2v) is 6.16. The van der Waals surface area contributed by atoms with Crippen LogP contribution in [0, 0.1) is 5.92 Å². The highest BCUT2D eigenvalue weighted by molar-refractivity contribution is 5.63. The molecule has 1 heterocycles. The van der Waals surface area contributed by atoms with Gasteiger partial charge in [-0.25, -0.2) is 9.80 Å². The second kappa shape index (κ2) is 9.50. The van der Waals surface area contributed by atoms with Crippen LogP contribution in [-0.4, -0.2) is 48.6 Å². The van der Waals surface area contributed by atoms with E-state index in [0.717, 1.165) is 45.4 Å². The molecule has 0 aliphatic carbocycles. The lowest BCUT2D eigenvalue weighted by atomic mass is 9.95. The number of piperidine rings is 1. The monoisotopic (exact) mass is 321 g/mol. The third kappa shape index (κ3) is 6.99. The van der Waals surface area contributed by atoms with Crippen molar-refractivity contribution in [1.82, 2.24) is 10.4 Å². The van der Waals surface area contributed by atoms with E-state index < -0.39 is 6.09 Å². The predicted molar refractivity (Wildman–Crippen MR) is 89.0 cm³/mol. The normalized spacial score (nSPS) is 17.8. The number of ether oxygens (including phenoxy) is 1. The SMILES string of the molecule is NC(COCCC1CCN(NC(=O)O)CC1)Cc1ccccc1. The van der Waals surface area contributed by atoms with Gasteiger partial charge in [0, 0.05) is 25.7 Å². The minimum atomic E-state index is -0.987. The van der Waals surface area contributed by atoms with Crippen molar-refractivity contribution in [2.45, 2.75) is 31.7 Å². The molecule has 1 aliphatic heterocycles. The molecule has 1 unspecified atom stereocenters. The van der Waals surface area contributed by atoms with E-state index in [1.54, 1.807) is 5.01 Å². The van der Waals surface area contributed by atoms with Crippen LogP contribution in [0.25, 0.3) is 0 Å². The van der Waals surface area contributed by atoms with Gasteiger partial charge in [-0.1, -0.05) is 30.3 Å². The number of nitrogens with zero attached hydrogens (tertiary/aromatic N) is 1. The van der Waals surface area contributed by atoms with Crippen molar-refractivity contribution in [3.05, 3.63) is 35.9 Å². The molecule has 23 heavy (non-hydrogen) atoms. The molecule has 2 rings (SSSR count). The lowest BCUT2D eigenvalue weighted by Crippen LogP contribution is -2.46. The average molecular weight is 321 g/mol. The van der Waals surface area contributed by atoms with E-state index >= 15 is 0 Å². The third-order valence-corrected chi connectivity index (χ3v) is 4.21. The van der Waals surface area contributed by atoms with E-state index in [9.17, 15) is 4.79 Å². The molecule has 1 aliphatic rings. The Balaban J connectivity index is 1.53. The zero-order valence-electron chi connectivity index (χ0n) is 13.5. The van der Waals surface area contributed by atoms with Gasteiger partial charge < -0.3 is 15.6 Å². The van der Waals surface area contributed by atoms with Crippen molar-refractivity contribution < 1.29 is 14.6 Å². The van der Waals surface area contributed by atoms with Gasteiger partial charge in [0.2, 0.25) is 0 Å². The Kier molecular flexibility index (Phi) is 7.32. The number of nitrogens with two attached hydrogens (primary N) is 1. The van der Waals surface area contributed by atoms with Crippen LogP contribution in [0.3, 0.4) is 0 Å². The number of carboxylic acid groups (broad SMARTS) is 1. The molecule has 0 spiro atoms. The molecule has 1 saturated heterocycles. The van der Waals surface area contributed by atoms with Gasteiger partial charge in [0.1, 0.15) is 0 Å². The van der Waals surface area contributed by atoms with Crippen LogP contribution in [-0.2, 0) is 11.2 Å². The zero-order valence-corrected chi connectivity index (χ0v) is 13.5. The molecule has 128 valence electrons. The standard InChI is InChI=1S/C17H27N3O3/c18-16(12-15-4-2-1-3-5-15)13-23-11-8-14-6-9-20(10-7-14)19-17(21)22/h1-5,14,16,19H,6-13,18H2,(H,21,22). The Bertz CT molecular complexity index is 461. The summed E-state index contributed by atoms with van der Waals surface area (Å²) in [5, 5.41) is 10.4. The Morgan fingerprint density at radius 3 is 2.70 bits per heavy atom. The Morgan fingerprint density at radius 2 is 2.04 bits per heavy atom. The van der Waals surface area contributed by atoms with E-state index in [1.807, 2.05) is 18.2 Å². The summed E-state index contributed by atoms with van der Waals surface area (Å²) in [6, 6.07) is 10.2. The Hall–Kier alpha value is -1.63. The molecule has 1 aromatic rings. The fourth-order valence-corrected chi connectivity index (χ4v) is 2.93. The molecule has 0 radical (unpaired) electrons. The third-order valence-electron chi connectivity index (χ3n) is 4.21. The molecule has 0 bridgehead atoms. The van der Waals surface area contributed by atoms with Crippen LogP contribution in [0.15, 0.2) is 30.3 Å². The van der Waals surface area contributed by atoms with E-state index in [4.69, 9.17) is 15.6 Å². The highest BCUT2D eigenvalue weighted by Crippen LogP contribution is 2.19. The van der Waals surface area contributed by atoms with Crippen molar-refractivity contribution in [2.75, 3.05) is 26.3 Å². The average Bonchev–Trinajstić information content (AvgIpc) is 2.53. The summed E-state index contributed by atoms with van der Waals surface area (Å²) in [5.41, 5.74) is 9.74. The molecule has 0 saturated carbocycles. The predicted octanol–water partition coefficient (Wildman–Crippen LogP) is 1.86. The molecular formula is C17H27N3O3. The first-order chi connectivity index (χ1) is 11.1. The first-order valence-corrected chi connectivity index (χ1v) is 8.25. The first kappa shape index (κ1) is 17.7. The summed E-state index contributed by atoms with van der Waals surface area (Å²) in [6.45, 7) is 2.84. The number of hydrogen-bond donors (Lipinski definition) is 3. The lowest BCUT2D eigenvalue weighted by molar-refractivity contribution is 0.0773. The molecule has 4 N–H and O–H groups in total. The Labute approximate surface area is 137 Å². The lowest BCUT2D eigenvalue weighted by Gasteiger charge is -2.31. The summed E-state index contributed by atoms with van der Waals surface area (Å²) in [4.78, 5) is 10.6. The number of benzene rings is 1. The van der Waals surface area contributed by atoms with Crippen LogP contribution >= 0.6 is 0 Å². The summed E-state index contributed by atoms with van der Waals surface area (Å²) in [5.74, 6) is 0.604. The van der Waals surface area contributed by atoms with E-state index in [2.05, 4.69) is 17.6 Å². The Morgan fingerprint density at radius 1 is 1.35 bits per heavy atom. The van der Waals surface area contributed by atoms with E-state index in [0.29, 0.717) is 12.5 Å². The number of carbonyl (C=O) groups is 1. The molecule has 0 aromatic heterocycles. The zero-order chi connectivity index (χ0) is 16.5. The van der Waals surface area contributed by atoms with Crippen LogP contribution in [0.4, 0.5) is 4.79 Å². The number of hydrazine groups is 1. The van der Waals surface area contributed by atoms with Gasteiger partial charge in [-0.05, 0) is 37.2 Å². The highest BCUT2D eigenvalue weighted by Gasteiger charge is 2.20. The highest BCUT2D eigenvalue weighted by atomic mass is 16.5. The van der Waals surface area contributed by atoms with Crippen molar-refractivity contribution >= 4 is 6.09 Å². The minimum Gasteiger partial charge on any atom is -0.464 e. The number of amides is 1. The summed E-state index contributed by atoms with van der Waals surface area (Å²) < 4.78 is 5.71. The van der Waals surface area contributed by atoms with Gasteiger partial charge >= 0.3 is 6.09 Å². The van der Waals surface area contributed by atoms with E-state index in [-0.39, 0.29) is 6.04 Å². The van der Waals surface area contributed by atoms with Crippen LogP contribution in [0.1, 0.15) is 24.8 Å². The molecule has 1 amide bonds. The van der Waals surface area contributed by atoms with Crippen molar-refractivity contribution in [1.29, 1.82) is 0 Å². The maximum atomic E-state index is 10.6. The molecule has 6 heteroatoms. The summed E-state index contributed by atoms with van der Waals surface area (Å²) >= 11 is 0. The molecule has 1 fully saturated rings. The largest absolute Gasteiger partial charge is 0.464 e. The topological polar surface area (TPSA) is 87.8 Å². The van der Waals surface area contributed by atoms with Gasteiger partial charge in [-0.2, -0.15) is 0 Å². The van der Waals surface area contributed by atoms with Crippen molar-refractivity contribution in [3.63, 3.8) is 0 Å². The van der Waals surface area contributed by atoms with Gasteiger partial charge in [0.15, 0.2) is 0 Å². The van der Waals surface area contributed by atoms with E-state index in [1.165, 1.54) is 5.56 Å². The van der Waals surface area contributed by atoms with Crippen LogP contribution in [0.2, 0.25) is 0 Å². The quantitative estimate of drug-likeness (QED) is 0.636. The van der Waals surface area contributed by atoms with Crippen LogP contribution in [0.5, 0.6) is 0 Å². The van der Waals surface area contributed by atoms with Crippen molar-refractivity contribution in [2.24, 2.45) is 11.7 Å². The van der Waals surface area contributed by atoms with Gasteiger partial charge in [-0.15, -0.1) is 0 Å².